The first-order chi connectivity index (χ1) is 54.3. The van der Waals surface area contributed by atoms with Gasteiger partial charge in [-0.15, -0.1) is 0 Å². The fourth-order valence-electron chi connectivity index (χ4n) is 12.9. The van der Waals surface area contributed by atoms with E-state index in [2.05, 4.69) is 121 Å². The molecule has 2 amide bonds. The summed E-state index contributed by atoms with van der Waals surface area (Å²) in [6.07, 6.45) is 7.03. The standard InChI is InChI=1S/C17H20FN5O.C16H17FN6O.2C15H15N7.C14H13FN6O/c1-10(2)24-13-7-6-11(8-12(13)18)15-14-16(22(3)4)19-9-20-17(14)23(5)21-15;1-8(2)16(24)21-11-5-4-9(6-10(11)17)13-12-14(18)19-7-20-15(12)23(3)22-13;1-8-10-5-4-9(6-11(10)19-21(8)2)13-12-14(16)17-7-18-15(12)22(3)20-13;1-8-10-5-4-9(6-11(10)21(2)19-8)13-12-14(16)17-7-18-15(12)22(3)20-13;1-7(22)19-10-4-3-8(5-9(10)15)12-11-13(16)17-6-18-14(11)21(2)20-12/h6-10H,1-5H3;4-8H,1-3H3,(H,21,24)(H2,18,19,20);2*4-7H,1-3H3,(H2,16,17,18);3-6H,1-2H3,(H,19,22)(H2,16,17,18). The van der Waals surface area contributed by atoms with E-state index in [1.165, 1.54) is 68.9 Å². The number of anilines is 7. The number of hydrogen-bond acceptors (Lipinski definition) is 25. The Kier molecular flexibility index (Phi) is 21.3. The average Bonchev–Trinajstić information content (AvgIpc) is 1.64. The van der Waals surface area contributed by atoms with E-state index in [0.717, 1.165) is 89.0 Å². The third-order valence-electron chi connectivity index (χ3n) is 18.5. The number of fused-ring (bicyclic) bond motifs is 7. The maximum Gasteiger partial charge on any atom is 0.227 e. The van der Waals surface area contributed by atoms with Crippen molar-refractivity contribution >= 4 is 129 Å². The number of hydrogen-bond donors (Lipinski definition) is 6. The van der Waals surface area contributed by atoms with Gasteiger partial charge in [-0.1, -0.05) is 50.2 Å². The monoisotopic (exact) mass is 1540 g/mol. The molecule has 0 bridgehead atoms. The number of amides is 2. The minimum atomic E-state index is -0.554. The molecule has 582 valence electrons. The maximum absolute atomic E-state index is 14.4. The van der Waals surface area contributed by atoms with E-state index in [1.807, 2.05) is 103 Å². The molecule has 0 atom stereocenters. The van der Waals surface area contributed by atoms with Crippen molar-refractivity contribution in [2.75, 3.05) is 52.6 Å². The molecule has 0 fully saturated rings. The number of halogens is 3. The summed E-state index contributed by atoms with van der Waals surface area (Å²) < 4.78 is 60.3. The molecule has 0 radical (unpaired) electrons. The molecule has 17 aromatic rings. The fourth-order valence-corrected chi connectivity index (χ4v) is 12.9. The van der Waals surface area contributed by atoms with Crippen molar-refractivity contribution in [3.63, 3.8) is 0 Å². The van der Waals surface area contributed by atoms with Gasteiger partial charge in [0, 0.05) is 121 Å². The lowest BCUT2D eigenvalue weighted by Crippen LogP contribution is -2.18. The molecule has 0 aliphatic carbocycles. The highest BCUT2D eigenvalue weighted by atomic mass is 19.1. The van der Waals surface area contributed by atoms with Crippen LogP contribution < -0.4 is 43.2 Å². The van der Waals surface area contributed by atoms with Gasteiger partial charge in [-0.3, -0.25) is 19.0 Å². The van der Waals surface area contributed by atoms with E-state index >= 15 is 0 Å². The van der Waals surface area contributed by atoms with Crippen LogP contribution in [0, 0.1) is 37.2 Å². The van der Waals surface area contributed by atoms with E-state index < -0.39 is 17.5 Å². The predicted molar refractivity (Wildman–Crippen MR) is 432 cm³/mol. The highest BCUT2D eigenvalue weighted by molar-refractivity contribution is 6.04. The smallest absolute Gasteiger partial charge is 0.227 e. The average molecular weight is 1540 g/mol. The summed E-state index contributed by atoms with van der Waals surface area (Å²) in [6.45, 7) is 12.6. The third kappa shape index (κ3) is 15.1. The van der Waals surface area contributed by atoms with Gasteiger partial charge in [0.15, 0.2) is 39.8 Å². The van der Waals surface area contributed by atoms with Crippen molar-refractivity contribution in [3.8, 4) is 62.0 Å². The quantitative estimate of drug-likeness (QED) is 0.0700. The maximum atomic E-state index is 14.4. The van der Waals surface area contributed by atoms with Gasteiger partial charge in [-0.2, -0.15) is 35.7 Å². The molecule has 5 aromatic carbocycles. The van der Waals surface area contributed by atoms with Crippen LogP contribution in [0.1, 0.15) is 46.0 Å². The summed E-state index contributed by atoms with van der Waals surface area (Å²) in [5.41, 5.74) is 38.4. The van der Waals surface area contributed by atoms with Crippen molar-refractivity contribution in [3.05, 3.63) is 151 Å². The van der Waals surface area contributed by atoms with Gasteiger partial charge >= 0.3 is 0 Å². The molecule has 0 saturated heterocycles. The van der Waals surface area contributed by atoms with Gasteiger partial charge in [0.25, 0.3) is 0 Å². The number of aryl methyl sites for hydroxylation is 9. The Morgan fingerprint density at radius 3 is 1.19 bits per heavy atom. The van der Waals surface area contributed by atoms with E-state index in [4.69, 9.17) is 27.7 Å². The van der Waals surface area contributed by atoms with Crippen LogP contribution in [-0.4, -0.2) is 150 Å². The Hall–Kier alpha value is -14.7. The highest BCUT2D eigenvalue weighted by Crippen LogP contribution is 2.38. The van der Waals surface area contributed by atoms with Crippen molar-refractivity contribution < 1.29 is 27.5 Å². The summed E-state index contributed by atoms with van der Waals surface area (Å²) in [5.74, 6) is 0.0702. The predicted octanol–water partition coefficient (Wildman–Crippen LogP) is 10.7. The zero-order valence-corrected chi connectivity index (χ0v) is 65.1. The number of carbonyl (C=O) groups is 2. The zero-order chi connectivity index (χ0) is 81.6. The largest absolute Gasteiger partial charge is 0.488 e. The molecule has 0 spiro atoms. The first-order valence-corrected chi connectivity index (χ1v) is 35.5. The topological polar surface area (TPSA) is 428 Å². The lowest BCUT2D eigenvalue weighted by molar-refractivity contribution is -0.119. The van der Waals surface area contributed by atoms with Crippen LogP contribution in [0.5, 0.6) is 5.75 Å². The second kappa shape index (κ2) is 31.4. The van der Waals surface area contributed by atoms with E-state index in [0.29, 0.717) is 73.1 Å². The normalized spacial score (nSPS) is 11.3. The van der Waals surface area contributed by atoms with Crippen LogP contribution in [0.3, 0.4) is 0 Å². The minimum absolute atomic E-state index is 0.0882. The molecular weight excluding hydrogens is 1460 g/mol. The van der Waals surface area contributed by atoms with Crippen LogP contribution in [0.4, 0.5) is 53.6 Å². The van der Waals surface area contributed by atoms with Crippen molar-refractivity contribution in [2.45, 2.75) is 54.6 Å². The molecule has 34 nitrogen and oxygen atoms in total. The van der Waals surface area contributed by atoms with Gasteiger partial charge in [0.2, 0.25) is 11.8 Å². The van der Waals surface area contributed by atoms with Crippen LogP contribution in [-0.2, 0) is 58.9 Å². The first kappa shape index (κ1) is 77.5. The van der Waals surface area contributed by atoms with E-state index in [1.54, 1.807) is 75.6 Å². The molecule has 17 rings (SSSR count). The Balaban J connectivity index is 0.000000124. The summed E-state index contributed by atoms with van der Waals surface area (Å²) in [5, 5.41) is 42.0. The Labute approximate surface area is 648 Å². The number of nitrogens with zero attached hydrogens (tertiary/aromatic N) is 25. The van der Waals surface area contributed by atoms with Gasteiger partial charge in [0.05, 0.1) is 61.1 Å². The molecule has 0 saturated carbocycles. The van der Waals surface area contributed by atoms with Gasteiger partial charge in [-0.05, 0) is 82.3 Å². The van der Waals surface area contributed by atoms with Gasteiger partial charge < -0.3 is 43.2 Å². The molecule has 0 aliphatic rings. The van der Waals surface area contributed by atoms with E-state index in [9.17, 15) is 22.8 Å². The SMILES string of the molecule is CC(=O)Nc1ccc(-c2nn(C)c3ncnc(N)c23)cc1F.CC(C)C(=O)Nc1ccc(-c2nn(C)c3ncnc(N)c23)cc1F.CC(C)Oc1ccc(-c2nn(C)c3ncnc(N(C)C)c23)cc1F.Cc1c2ccc(-c3nn(C)c4ncnc(N)c34)cc2nn1C.Cc1nn(C)c2cc(-c3nn(C)c4ncnc(N)c34)ccc12. The lowest BCUT2D eigenvalue weighted by atomic mass is 10.1. The molecule has 10 N–H and O–H groups in total. The molecule has 37 heteroatoms. The van der Waals surface area contributed by atoms with Gasteiger partial charge in [-0.25, -0.2) is 86.4 Å². The second-order valence-electron chi connectivity index (χ2n) is 27.4. The third-order valence-corrected chi connectivity index (χ3v) is 18.5. The first-order valence-electron chi connectivity index (χ1n) is 35.5. The molecule has 0 unspecified atom stereocenters. The summed E-state index contributed by atoms with van der Waals surface area (Å²) >= 11 is 0. The number of nitrogen functional groups attached to an aromatic ring is 4. The Bertz CT molecular complexity index is 6580. The van der Waals surface area contributed by atoms with E-state index in [-0.39, 0.29) is 52.6 Å². The number of nitrogens with two attached hydrogens (primary N) is 4. The number of rotatable bonds is 11. The van der Waals surface area contributed by atoms with Crippen molar-refractivity contribution in [2.24, 2.45) is 55.3 Å². The number of ether oxygens (including phenoxy) is 1. The number of nitrogens with one attached hydrogen (secondary N) is 2. The van der Waals surface area contributed by atoms with Gasteiger partial charge in [0.1, 0.15) is 101 Å². The zero-order valence-electron chi connectivity index (χ0n) is 65.1. The Morgan fingerprint density at radius 2 is 0.789 bits per heavy atom. The molecule has 12 aromatic heterocycles. The van der Waals surface area contributed by atoms with Crippen LogP contribution in [0.25, 0.3) is 133 Å². The minimum Gasteiger partial charge on any atom is -0.488 e. The molecule has 12 heterocycles. The summed E-state index contributed by atoms with van der Waals surface area (Å²) in [6, 6.07) is 26.1. The molecular formula is C77H80F3N31O3. The number of benzene rings is 5. The van der Waals surface area contributed by atoms with Crippen molar-refractivity contribution in [1.29, 1.82) is 0 Å². The van der Waals surface area contributed by atoms with Crippen LogP contribution in [0.15, 0.2) is 123 Å². The second-order valence-corrected chi connectivity index (χ2v) is 27.4. The lowest BCUT2D eigenvalue weighted by Gasteiger charge is -2.13. The summed E-state index contributed by atoms with van der Waals surface area (Å²) in [4.78, 5) is 66.1. The fraction of sp³-hybridized carbons (Fsp3) is 0.234. The van der Waals surface area contributed by atoms with Crippen molar-refractivity contribution in [1.82, 2.24) is 118 Å². The number of aromatic nitrogens is 24. The summed E-state index contributed by atoms with van der Waals surface area (Å²) in [7, 11) is 16.6. The van der Waals surface area contributed by atoms with Crippen LogP contribution >= 0.6 is 0 Å². The molecule has 114 heavy (non-hydrogen) atoms. The Morgan fingerprint density at radius 1 is 0.421 bits per heavy atom. The molecule has 0 aliphatic heterocycles. The highest BCUT2D eigenvalue weighted by Gasteiger charge is 2.24. The van der Waals surface area contributed by atoms with Crippen LogP contribution in [0.2, 0.25) is 0 Å². The number of carbonyl (C=O) groups excluding carboxylic acids is 2.